The SMILES string of the molecule is CCN(CC)C(=O)CCNc1nnc(CNC(C)(C)C)o1. The van der Waals surface area contributed by atoms with Gasteiger partial charge in [0, 0.05) is 31.6 Å². The zero-order valence-corrected chi connectivity index (χ0v) is 13.7. The molecule has 120 valence electrons. The fourth-order valence-electron chi connectivity index (χ4n) is 1.75. The van der Waals surface area contributed by atoms with Crippen molar-refractivity contribution in [1.29, 1.82) is 0 Å². The number of aromatic nitrogens is 2. The smallest absolute Gasteiger partial charge is 0.315 e. The van der Waals surface area contributed by atoms with E-state index in [2.05, 4.69) is 41.6 Å². The summed E-state index contributed by atoms with van der Waals surface area (Å²) in [5.74, 6) is 0.657. The summed E-state index contributed by atoms with van der Waals surface area (Å²) in [5, 5.41) is 14.1. The van der Waals surface area contributed by atoms with Gasteiger partial charge in [-0.2, -0.15) is 0 Å². The third-order valence-corrected chi connectivity index (χ3v) is 2.97. The van der Waals surface area contributed by atoms with E-state index in [0.29, 0.717) is 31.4 Å². The Morgan fingerprint density at radius 3 is 2.48 bits per heavy atom. The molecule has 0 spiro atoms. The Kier molecular flexibility index (Phi) is 6.61. The Balaban J connectivity index is 2.33. The van der Waals surface area contributed by atoms with Crippen LogP contribution < -0.4 is 10.6 Å². The average Bonchev–Trinajstić information content (AvgIpc) is 2.85. The Bertz CT molecular complexity index is 435. The number of carbonyl (C=O) groups excluding carboxylic acids is 1. The zero-order valence-electron chi connectivity index (χ0n) is 13.7. The lowest BCUT2D eigenvalue weighted by atomic mass is 10.1. The van der Waals surface area contributed by atoms with Gasteiger partial charge in [0.25, 0.3) is 0 Å². The van der Waals surface area contributed by atoms with Crippen molar-refractivity contribution in [3.63, 3.8) is 0 Å². The van der Waals surface area contributed by atoms with E-state index in [-0.39, 0.29) is 11.4 Å². The van der Waals surface area contributed by atoms with E-state index in [9.17, 15) is 4.79 Å². The molecule has 0 unspecified atom stereocenters. The number of hydrogen-bond acceptors (Lipinski definition) is 6. The zero-order chi connectivity index (χ0) is 15.9. The molecule has 0 bridgehead atoms. The number of nitrogens with zero attached hydrogens (tertiary/aromatic N) is 3. The van der Waals surface area contributed by atoms with Crippen LogP contribution in [0, 0.1) is 0 Å². The Morgan fingerprint density at radius 2 is 1.90 bits per heavy atom. The van der Waals surface area contributed by atoms with E-state index in [1.54, 1.807) is 4.90 Å². The quantitative estimate of drug-likeness (QED) is 0.759. The lowest BCUT2D eigenvalue weighted by molar-refractivity contribution is -0.130. The highest BCUT2D eigenvalue weighted by atomic mass is 16.4. The normalized spacial score (nSPS) is 11.5. The van der Waals surface area contributed by atoms with Gasteiger partial charge in [0.2, 0.25) is 11.8 Å². The van der Waals surface area contributed by atoms with E-state index in [1.807, 2.05) is 13.8 Å². The second-order valence-electron chi connectivity index (χ2n) is 5.85. The molecule has 21 heavy (non-hydrogen) atoms. The maximum Gasteiger partial charge on any atom is 0.315 e. The molecule has 1 aromatic heterocycles. The van der Waals surface area contributed by atoms with Crippen LogP contribution >= 0.6 is 0 Å². The first kappa shape index (κ1) is 17.4. The van der Waals surface area contributed by atoms with Gasteiger partial charge >= 0.3 is 6.01 Å². The maximum atomic E-state index is 11.8. The van der Waals surface area contributed by atoms with Gasteiger partial charge in [-0.3, -0.25) is 4.79 Å². The summed E-state index contributed by atoms with van der Waals surface area (Å²) in [5.41, 5.74) is -0.00174. The van der Waals surface area contributed by atoms with E-state index in [0.717, 1.165) is 13.1 Å². The molecule has 0 saturated heterocycles. The van der Waals surface area contributed by atoms with Crippen molar-refractivity contribution in [1.82, 2.24) is 20.4 Å². The van der Waals surface area contributed by atoms with Crippen LogP contribution in [0.1, 0.15) is 46.9 Å². The first-order chi connectivity index (χ1) is 9.85. The molecule has 0 fully saturated rings. The Labute approximate surface area is 126 Å². The number of rotatable bonds is 8. The van der Waals surface area contributed by atoms with Crippen molar-refractivity contribution in [3.8, 4) is 0 Å². The average molecular weight is 297 g/mol. The van der Waals surface area contributed by atoms with Crippen molar-refractivity contribution in [2.45, 2.75) is 53.1 Å². The summed E-state index contributed by atoms with van der Waals surface area (Å²) in [6.45, 7) is 12.6. The predicted octanol–water partition coefficient (Wildman–Crippen LogP) is 1.63. The number of hydrogen-bond donors (Lipinski definition) is 2. The minimum atomic E-state index is -0.00174. The molecule has 1 amide bonds. The lowest BCUT2D eigenvalue weighted by Crippen LogP contribution is -2.35. The van der Waals surface area contributed by atoms with Crippen LogP contribution in [0.25, 0.3) is 0 Å². The second-order valence-corrected chi connectivity index (χ2v) is 5.85. The van der Waals surface area contributed by atoms with Crippen LogP contribution in [0.3, 0.4) is 0 Å². The molecule has 0 aromatic carbocycles. The van der Waals surface area contributed by atoms with Crippen LogP contribution in [-0.4, -0.2) is 46.2 Å². The fraction of sp³-hybridized carbons (Fsp3) is 0.786. The van der Waals surface area contributed by atoms with Crippen molar-refractivity contribution >= 4 is 11.9 Å². The fourth-order valence-corrected chi connectivity index (χ4v) is 1.75. The van der Waals surface area contributed by atoms with Crippen LogP contribution in [0.2, 0.25) is 0 Å². The predicted molar refractivity (Wildman–Crippen MR) is 81.9 cm³/mol. The standard InChI is InChI=1S/C14H27N5O2/c1-6-19(7-2)12(20)8-9-15-13-18-17-11(21-13)10-16-14(3,4)5/h16H,6-10H2,1-5H3,(H,15,18). The molecule has 7 heteroatoms. The van der Waals surface area contributed by atoms with Crippen molar-refractivity contribution in [2.24, 2.45) is 0 Å². The number of nitrogens with one attached hydrogen (secondary N) is 2. The largest absolute Gasteiger partial charge is 0.407 e. The topological polar surface area (TPSA) is 83.3 Å². The molecular weight excluding hydrogens is 270 g/mol. The maximum absolute atomic E-state index is 11.8. The summed E-state index contributed by atoms with van der Waals surface area (Å²) in [6.07, 6.45) is 0.416. The number of carbonyl (C=O) groups is 1. The summed E-state index contributed by atoms with van der Waals surface area (Å²) < 4.78 is 5.45. The van der Waals surface area contributed by atoms with E-state index >= 15 is 0 Å². The molecule has 0 atom stereocenters. The molecule has 2 N–H and O–H groups in total. The molecule has 0 aliphatic rings. The Hall–Kier alpha value is -1.63. The van der Waals surface area contributed by atoms with Crippen LogP contribution in [0.15, 0.2) is 4.42 Å². The molecule has 1 heterocycles. The first-order valence-corrected chi connectivity index (χ1v) is 7.44. The molecule has 1 rings (SSSR count). The van der Waals surface area contributed by atoms with Crippen LogP contribution in [-0.2, 0) is 11.3 Å². The third kappa shape index (κ3) is 6.57. The van der Waals surface area contributed by atoms with Crippen LogP contribution in [0.5, 0.6) is 0 Å². The molecule has 0 aliphatic carbocycles. The minimum Gasteiger partial charge on any atom is -0.407 e. The summed E-state index contributed by atoms with van der Waals surface area (Å²) in [6, 6.07) is 0.355. The summed E-state index contributed by atoms with van der Waals surface area (Å²) in [7, 11) is 0. The van der Waals surface area contributed by atoms with E-state index < -0.39 is 0 Å². The van der Waals surface area contributed by atoms with Gasteiger partial charge in [0.15, 0.2) is 0 Å². The van der Waals surface area contributed by atoms with Crippen molar-refractivity contribution < 1.29 is 9.21 Å². The van der Waals surface area contributed by atoms with Gasteiger partial charge in [-0.05, 0) is 34.6 Å². The van der Waals surface area contributed by atoms with Crippen LogP contribution in [0.4, 0.5) is 6.01 Å². The summed E-state index contributed by atoms with van der Waals surface area (Å²) in [4.78, 5) is 13.6. The van der Waals surface area contributed by atoms with Crippen molar-refractivity contribution in [3.05, 3.63) is 5.89 Å². The molecule has 0 aliphatic heterocycles. The minimum absolute atomic E-state index is 0.00174. The third-order valence-electron chi connectivity index (χ3n) is 2.97. The highest BCUT2D eigenvalue weighted by Crippen LogP contribution is 2.07. The lowest BCUT2D eigenvalue weighted by Gasteiger charge is -2.18. The second kappa shape index (κ2) is 7.97. The summed E-state index contributed by atoms with van der Waals surface area (Å²) >= 11 is 0. The highest BCUT2D eigenvalue weighted by molar-refractivity contribution is 5.76. The van der Waals surface area contributed by atoms with Gasteiger partial charge < -0.3 is 20.0 Å². The first-order valence-electron chi connectivity index (χ1n) is 7.44. The van der Waals surface area contributed by atoms with Gasteiger partial charge in [0.1, 0.15) is 0 Å². The Morgan fingerprint density at radius 1 is 1.24 bits per heavy atom. The molecule has 1 aromatic rings. The van der Waals surface area contributed by atoms with E-state index in [1.165, 1.54) is 0 Å². The number of amides is 1. The van der Waals surface area contributed by atoms with Gasteiger partial charge in [-0.25, -0.2) is 0 Å². The van der Waals surface area contributed by atoms with Gasteiger partial charge in [0.05, 0.1) is 6.54 Å². The van der Waals surface area contributed by atoms with Gasteiger partial charge in [-0.15, -0.1) is 5.10 Å². The molecule has 0 saturated carbocycles. The van der Waals surface area contributed by atoms with E-state index in [4.69, 9.17) is 4.42 Å². The van der Waals surface area contributed by atoms with Gasteiger partial charge in [-0.1, -0.05) is 5.10 Å². The highest BCUT2D eigenvalue weighted by Gasteiger charge is 2.13. The molecule has 7 nitrogen and oxygen atoms in total. The van der Waals surface area contributed by atoms with Crippen molar-refractivity contribution in [2.75, 3.05) is 25.0 Å². The molecular formula is C14H27N5O2. The molecule has 0 radical (unpaired) electrons. The number of anilines is 1. The monoisotopic (exact) mass is 297 g/mol.